The fourth-order valence-corrected chi connectivity index (χ4v) is 2.64. The van der Waals surface area contributed by atoms with Crippen LogP contribution < -0.4 is 0 Å². The molecule has 0 saturated heterocycles. The number of fused-ring (bicyclic) bond motifs is 1. The van der Waals surface area contributed by atoms with Crippen LogP contribution in [0.1, 0.15) is 10.4 Å². The number of aromatic carboxylic acids is 1. The first kappa shape index (κ1) is 11.7. The van der Waals surface area contributed by atoms with Crippen molar-refractivity contribution < 1.29 is 9.90 Å². The monoisotopic (exact) mass is 272 g/mol. The zero-order chi connectivity index (χ0) is 13.2. The first-order chi connectivity index (χ1) is 9.25. The zero-order valence-corrected chi connectivity index (χ0v) is 10.4. The topological polar surface area (TPSA) is 91.8 Å². The number of carboxylic acid groups (broad SMARTS) is 1. The second-order valence-electron chi connectivity index (χ2n) is 3.72. The maximum Gasteiger partial charge on any atom is 0.338 e. The van der Waals surface area contributed by atoms with Gasteiger partial charge in [0.15, 0.2) is 5.16 Å². The molecule has 6 nitrogen and oxygen atoms in total. The average Bonchev–Trinajstić information content (AvgIpc) is 2.92. The summed E-state index contributed by atoms with van der Waals surface area (Å²) in [6, 6.07) is 7.39. The number of benzene rings is 1. The average molecular weight is 272 g/mol. The number of aromatic nitrogens is 4. The Morgan fingerprint density at radius 1 is 1.26 bits per heavy atom. The zero-order valence-electron chi connectivity index (χ0n) is 9.57. The maximum absolute atomic E-state index is 11.3. The number of nitrogens with one attached hydrogen (secondary N) is 1. The molecule has 0 fully saturated rings. The lowest BCUT2D eigenvalue weighted by atomic mass is 10.1. The molecule has 0 radical (unpaired) electrons. The largest absolute Gasteiger partial charge is 0.478 e. The van der Waals surface area contributed by atoms with E-state index in [1.807, 2.05) is 24.3 Å². The Bertz CT molecular complexity index is 743. The fraction of sp³-hybridized carbons (Fsp3) is 0. The summed E-state index contributed by atoms with van der Waals surface area (Å²) in [5.74, 6) is -1.01. The molecule has 2 aromatic heterocycles. The molecule has 7 heteroatoms. The molecule has 0 aliphatic rings. The molecule has 0 spiro atoms. The summed E-state index contributed by atoms with van der Waals surface area (Å²) in [6.45, 7) is 0. The van der Waals surface area contributed by atoms with Gasteiger partial charge in [-0.05, 0) is 17.8 Å². The van der Waals surface area contributed by atoms with Gasteiger partial charge in [0.05, 0.1) is 11.1 Å². The Balaban J connectivity index is 2.22. The van der Waals surface area contributed by atoms with Gasteiger partial charge in [-0.15, -0.1) is 0 Å². The van der Waals surface area contributed by atoms with Gasteiger partial charge in [-0.2, -0.15) is 5.10 Å². The molecule has 2 N–H and O–H groups in total. The van der Waals surface area contributed by atoms with Crippen LogP contribution in [0.5, 0.6) is 0 Å². The standard InChI is InChI=1S/C12H8N4O2S/c17-11(18)8-5-13-9-4-2-1-3-7(9)10(8)19-12-14-6-15-16-12/h1-6H,(H,17,18)(H,14,15,16). The molecule has 1 aromatic carbocycles. The van der Waals surface area contributed by atoms with Crippen molar-refractivity contribution in [2.45, 2.75) is 10.1 Å². The van der Waals surface area contributed by atoms with Gasteiger partial charge in [0.1, 0.15) is 6.33 Å². The molecule has 0 unspecified atom stereocenters. The van der Waals surface area contributed by atoms with Crippen LogP contribution >= 0.6 is 11.8 Å². The maximum atomic E-state index is 11.3. The SMILES string of the molecule is O=C(O)c1cnc2ccccc2c1Sc1ncn[nH]1. The summed E-state index contributed by atoms with van der Waals surface area (Å²) >= 11 is 1.23. The van der Waals surface area contributed by atoms with Gasteiger partial charge in [0, 0.05) is 16.5 Å². The van der Waals surface area contributed by atoms with Crippen molar-refractivity contribution in [2.24, 2.45) is 0 Å². The minimum absolute atomic E-state index is 0.153. The third kappa shape index (κ3) is 2.15. The van der Waals surface area contributed by atoms with Crippen LogP contribution in [0.3, 0.4) is 0 Å². The van der Waals surface area contributed by atoms with Crippen molar-refractivity contribution in [3.05, 3.63) is 42.4 Å². The molecule has 2 heterocycles. The molecule has 3 rings (SSSR count). The molecule has 0 aliphatic heterocycles. The first-order valence-electron chi connectivity index (χ1n) is 5.40. The van der Waals surface area contributed by atoms with E-state index in [0.717, 1.165) is 10.9 Å². The van der Waals surface area contributed by atoms with Crippen LogP contribution in [0.15, 0.2) is 46.8 Å². The number of pyridine rings is 1. The van der Waals surface area contributed by atoms with Crippen LogP contribution in [-0.4, -0.2) is 31.2 Å². The number of rotatable bonds is 3. The van der Waals surface area contributed by atoms with E-state index in [2.05, 4.69) is 20.2 Å². The van der Waals surface area contributed by atoms with Crippen LogP contribution in [0, 0.1) is 0 Å². The van der Waals surface area contributed by atoms with Crippen LogP contribution in [-0.2, 0) is 0 Å². The molecule has 94 valence electrons. The number of carbonyl (C=O) groups is 1. The van der Waals surface area contributed by atoms with E-state index >= 15 is 0 Å². The van der Waals surface area contributed by atoms with Crippen molar-refractivity contribution >= 4 is 28.6 Å². The van der Waals surface area contributed by atoms with Crippen molar-refractivity contribution in [3.8, 4) is 0 Å². The highest BCUT2D eigenvalue weighted by Gasteiger charge is 2.16. The van der Waals surface area contributed by atoms with E-state index in [-0.39, 0.29) is 5.56 Å². The molecule has 3 aromatic rings. The summed E-state index contributed by atoms with van der Waals surface area (Å²) in [5.41, 5.74) is 0.898. The number of H-pyrrole nitrogens is 1. The summed E-state index contributed by atoms with van der Waals surface area (Å²) < 4.78 is 0. The number of nitrogens with zero attached hydrogens (tertiary/aromatic N) is 3. The predicted molar refractivity (Wildman–Crippen MR) is 69.2 cm³/mol. The summed E-state index contributed by atoms with van der Waals surface area (Å²) in [5, 5.41) is 17.0. The molecule has 0 aliphatic carbocycles. The Morgan fingerprint density at radius 2 is 2.11 bits per heavy atom. The fourth-order valence-electron chi connectivity index (χ4n) is 1.72. The van der Waals surface area contributed by atoms with E-state index in [1.54, 1.807) is 0 Å². The van der Waals surface area contributed by atoms with Crippen molar-refractivity contribution in [1.29, 1.82) is 0 Å². The second-order valence-corrected chi connectivity index (χ2v) is 4.72. The Kier molecular flexibility index (Phi) is 2.88. The van der Waals surface area contributed by atoms with E-state index < -0.39 is 5.97 Å². The van der Waals surface area contributed by atoms with Gasteiger partial charge in [-0.25, -0.2) is 9.78 Å². The van der Waals surface area contributed by atoms with Gasteiger partial charge >= 0.3 is 5.97 Å². The second kappa shape index (κ2) is 4.69. The highest BCUT2D eigenvalue weighted by atomic mass is 32.2. The van der Waals surface area contributed by atoms with Crippen LogP contribution in [0.25, 0.3) is 10.9 Å². The highest BCUT2D eigenvalue weighted by molar-refractivity contribution is 7.99. The third-order valence-corrected chi connectivity index (χ3v) is 3.58. The van der Waals surface area contributed by atoms with Gasteiger partial charge in [-0.3, -0.25) is 10.1 Å². The first-order valence-corrected chi connectivity index (χ1v) is 6.21. The van der Waals surface area contributed by atoms with Crippen molar-refractivity contribution in [3.63, 3.8) is 0 Å². The number of carboxylic acids is 1. The minimum Gasteiger partial charge on any atom is -0.478 e. The number of para-hydroxylation sites is 1. The lowest BCUT2D eigenvalue weighted by Crippen LogP contribution is -2.01. The quantitative estimate of drug-likeness (QED) is 0.759. The molecule has 0 saturated carbocycles. The lowest BCUT2D eigenvalue weighted by molar-refractivity contribution is 0.0693. The van der Waals surface area contributed by atoms with E-state index in [9.17, 15) is 9.90 Å². The predicted octanol–water partition coefficient (Wildman–Crippen LogP) is 2.20. The smallest absolute Gasteiger partial charge is 0.338 e. The van der Waals surface area contributed by atoms with E-state index in [4.69, 9.17) is 0 Å². The van der Waals surface area contributed by atoms with Crippen LogP contribution in [0.2, 0.25) is 0 Å². The summed E-state index contributed by atoms with van der Waals surface area (Å²) in [4.78, 5) is 20.1. The third-order valence-electron chi connectivity index (χ3n) is 2.55. The number of aromatic amines is 1. The normalized spacial score (nSPS) is 10.7. The molecule has 0 atom stereocenters. The van der Waals surface area contributed by atoms with Crippen LogP contribution in [0.4, 0.5) is 0 Å². The number of hydrogen-bond donors (Lipinski definition) is 2. The summed E-state index contributed by atoms with van der Waals surface area (Å²) in [6.07, 6.45) is 2.75. The lowest BCUT2D eigenvalue weighted by Gasteiger charge is -2.07. The molecule has 0 amide bonds. The number of hydrogen-bond acceptors (Lipinski definition) is 5. The molecule has 19 heavy (non-hydrogen) atoms. The Morgan fingerprint density at radius 3 is 2.84 bits per heavy atom. The molecular formula is C12H8N4O2S. The van der Waals surface area contributed by atoms with Crippen molar-refractivity contribution in [2.75, 3.05) is 0 Å². The van der Waals surface area contributed by atoms with Gasteiger partial charge in [-0.1, -0.05) is 18.2 Å². The van der Waals surface area contributed by atoms with Gasteiger partial charge in [0.2, 0.25) is 0 Å². The molecule has 0 bridgehead atoms. The van der Waals surface area contributed by atoms with Crippen molar-refractivity contribution in [1.82, 2.24) is 20.2 Å². The Hall–Kier alpha value is -2.41. The minimum atomic E-state index is -1.01. The van der Waals surface area contributed by atoms with E-state index in [1.165, 1.54) is 24.3 Å². The van der Waals surface area contributed by atoms with Gasteiger partial charge < -0.3 is 5.11 Å². The van der Waals surface area contributed by atoms with Gasteiger partial charge in [0.25, 0.3) is 0 Å². The highest BCUT2D eigenvalue weighted by Crippen LogP contribution is 2.33. The molecular weight excluding hydrogens is 264 g/mol. The van der Waals surface area contributed by atoms with E-state index in [0.29, 0.717) is 10.1 Å². The summed E-state index contributed by atoms with van der Waals surface area (Å²) in [7, 11) is 0. The Labute approximate surface area is 111 Å².